The maximum Gasteiger partial charge on any atom is 0.325 e. The summed E-state index contributed by atoms with van der Waals surface area (Å²) in [6, 6.07) is 0.972. The molecular weight excluding hydrogens is 264 g/mol. The van der Waals surface area contributed by atoms with Gasteiger partial charge in [-0.2, -0.15) is 0 Å². The highest BCUT2D eigenvalue weighted by atomic mass is 16.5. The Hall–Kier alpha value is -0.610. The maximum absolute atomic E-state index is 12.0. The van der Waals surface area contributed by atoms with E-state index >= 15 is 0 Å². The maximum atomic E-state index is 12.0. The van der Waals surface area contributed by atoms with Crippen LogP contribution in [0.4, 0.5) is 0 Å². The van der Waals surface area contributed by atoms with Crippen molar-refractivity contribution in [1.29, 1.82) is 0 Å². The number of nitrogens with one attached hydrogen (secondary N) is 1. The summed E-state index contributed by atoms with van der Waals surface area (Å²) in [6.07, 6.45) is 5.83. The Bertz CT molecular complexity index is 347. The number of hydrogen-bond donors (Lipinski definition) is 1. The molecule has 1 saturated carbocycles. The third-order valence-corrected chi connectivity index (χ3v) is 5.47. The van der Waals surface area contributed by atoms with Gasteiger partial charge >= 0.3 is 5.97 Å². The molecule has 0 aromatic rings. The van der Waals surface area contributed by atoms with E-state index < -0.39 is 5.54 Å². The van der Waals surface area contributed by atoms with Gasteiger partial charge in [-0.15, -0.1) is 0 Å². The van der Waals surface area contributed by atoms with Gasteiger partial charge in [-0.1, -0.05) is 13.8 Å². The van der Waals surface area contributed by atoms with Crippen molar-refractivity contribution in [3.8, 4) is 0 Å². The number of hydrogen-bond acceptors (Lipinski definition) is 4. The van der Waals surface area contributed by atoms with Gasteiger partial charge in [0.1, 0.15) is 5.54 Å². The molecule has 1 fully saturated rings. The van der Waals surface area contributed by atoms with Crippen LogP contribution in [0.2, 0.25) is 0 Å². The van der Waals surface area contributed by atoms with Crippen molar-refractivity contribution in [2.45, 2.75) is 77.4 Å². The normalized spacial score (nSPS) is 23.6. The minimum absolute atomic E-state index is 0.185. The van der Waals surface area contributed by atoms with E-state index in [0.29, 0.717) is 17.5 Å². The van der Waals surface area contributed by atoms with Crippen LogP contribution >= 0.6 is 0 Å². The van der Waals surface area contributed by atoms with Crippen LogP contribution in [0.5, 0.6) is 0 Å². The molecule has 21 heavy (non-hydrogen) atoms. The molecule has 124 valence electrons. The van der Waals surface area contributed by atoms with E-state index in [4.69, 9.17) is 4.74 Å². The molecule has 4 heteroatoms. The Kier molecular flexibility index (Phi) is 6.23. The van der Waals surface area contributed by atoms with Crippen LogP contribution in [0.1, 0.15) is 59.8 Å². The van der Waals surface area contributed by atoms with Crippen molar-refractivity contribution in [1.82, 2.24) is 10.2 Å². The van der Waals surface area contributed by atoms with Crippen molar-refractivity contribution < 1.29 is 9.53 Å². The first-order chi connectivity index (χ1) is 9.65. The lowest BCUT2D eigenvalue weighted by Crippen LogP contribution is -2.53. The third-order valence-electron chi connectivity index (χ3n) is 5.47. The first-order valence-corrected chi connectivity index (χ1v) is 8.14. The largest absolute Gasteiger partial charge is 0.468 e. The number of esters is 1. The lowest BCUT2D eigenvalue weighted by atomic mass is 9.75. The van der Waals surface area contributed by atoms with E-state index in [-0.39, 0.29) is 5.97 Å². The molecule has 0 aromatic heterocycles. The average Bonchev–Trinajstić information content (AvgIpc) is 2.45. The third kappa shape index (κ3) is 4.68. The van der Waals surface area contributed by atoms with Crippen LogP contribution in [0, 0.1) is 5.41 Å². The highest BCUT2D eigenvalue weighted by Crippen LogP contribution is 2.37. The van der Waals surface area contributed by atoms with Crippen molar-refractivity contribution in [2.75, 3.05) is 21.2 Å². The molecule has 0 aromatic carbocycles. The van der Waals surface area contributed by atoms with E-state index in [1.54, 1.807) is 0 Å². The number of carbonyl (C=O) groups is 1. The van der Waals surface area contributed by atoms with Crippen LogP contribution in [0.25, 0.3) is 0 Å². The van der Waals surface area contributed by atoms with Crippen LogP contribution in [-0.4, -0.2) is 49.7 Å². The fourth-order valence-corrected chi connectivity index (χ4v) is 3.40. The summed E-state index contributed by atoms with van der Waals surface area (Å²) in [5.41, 5.74) is -0.123. The summed E-state index contributed by atoms with van der Waals surface area (Å²) in [6.45, 7) is 8.86. The van der Waals surface area contributed by atoms with Crippen LogP contribution in [0.15, 0.2) is 0 Å². The molecule has 0 heterocycles. The van der Waals surface area contributed by atoms with Crippen LogP contribution < -0.4 is 5.32 Å². The lowest BCUT2D eigenvalue weighted by molar-refractivity contribution is -0.148. The molecule has 1 aliphatic carbocycles. The minimum atomic E-state index is -0.615. The van der Waals surface area contributed by atoms with Gasteiger partial charge in [0.25, 0.3) is 0 Å². The van der Waals surface area contributed by atoms with E-state index in [0.717, 1.165) is 6.42 Å². The smallest absolute Gasteiger partial charge is 0.325 e. The number of methoxy groups -OCH3 is 1. The van der Waals surface area contributed by atoms with Crippen molar-refractivity contribution in [2.24, 2.45) is 5.41 Å². The molecule has 0 bridgehead atoms. The van der Waals surface area contributed by atoms with E-state index in [1.807, 2.05) is 14.0 Å². The van der Waals surface area contributed by atoms with Crippen molar-refractivity contribution in [3.05, 3.63) is 0 Å². The zero-order chi connectivity index (χ0) is 16.3. The molecule has 1 N–H and O–H groups in total. The second kappa shape index (κ2) is 7.10. The fourth-order valence-electron chi connectivity index (χ4n) is 3.40. The molecule has 0 aliphatic heterocycles. The highest BCUT2D eigenvalue weighted by Gasteiger charge is 2.37. The second-order valence-electron chi connectivity index (χ2n) is 7.69. The Balaban J connectivity index is 2.62. The summed E-state index contributed by atoms with van der Waals surface area (Å²) in [4.78, 5) is 14.4. The predicted octanol–water partition coefficient (Wildman–Crippen LogP) is 2.82. The van der Waals surface area contributed by atoms with Gasteiger partial charge < -0.3 is 15.0 Å². The van der Waals surface area contributed by atoms with E-state index in [1.165, 1.54) is 32.8 Å². The number of rotatable bonds is 6. The number of likely N-dealkylation sites (N-methyl/N-ethyl adjacent to an activating group) is 1. The van der Waals surface area contributed by atoms with Gasteiger partial charge in [0.05, 0.1) is 7.11 Å². The highest BCUT2D eigenvalue weighted by molar-refractivity contribution is 5.80. The zero-order valence-corrected chi connectivity index (χ0v) is 15.0. The number of ether oxygens (including phenoxy) is 1. The molecule has 1 aliphatic rings. The molecule has 0 spiro atoms. The molecule has 1 rings (SSSR count). The predicted molar refractivity (Wildman–Crippen MR) is 87.4 cm³/mol. The van der Waals surface area contributed by atoms with E-state index in [2.05, 4.69) is 38.0 Å². The lowest BCUT2D eigenvalue weighted by Gasteiger charge is -2.42. The summed E-state index contributed by atoms with van der Waals surface area (Å²) in [7, 11) is 5.48. The summed E-state index contributed by atoms with van der Waals surface area (Å²) >= 11 is 0. The molecular formula is C17H34N2O2. The first kappa shape index (κ1) is 18.4. The molecule has 0 radical (unpaired) electrons. The standard InChI is InChI=1S/C17H34N2O2/c1-13(12-17(4,18-5)15(20)21-7)19(6)14-8-10-16(2,3)11-9-14/h13-14,18H,8-12H2,1-7H3. The average molecular weight is 298 g/mol. The van der Waals surface area contributed by atoms with E-state index in [9.17, 15) is 4.79 Å². The van der Waals surface area contributed by atoms with Gasteiger partial charge in [0.15, 0.2) is 0 Å². The number of nitrogens with zero attached hydrogens (tertiary/aromatic N) is 1. The van der Waals surface area contributed by atoms with Gasteiger partial charge in [-0.05, 0) is 65.5 Å². The molecule has 2 atom stereocenters. The van der Waals surface area contributed by atoms with Gasteiger partial charge in [-0.25, -0.2) is 0 Å². The molecule has 4 nitrogen and oxygen atoms in total. The quantitative estimate of drug-likeness (QED) is 0.766. The molecule has 0 saturated heterocycles. The summed E-state index contributed by atoms with van der Waals surface area (Å²) in [5.74, 6) is -0.185. The van der Waals surface area contributed by atoms with Gasteiger partial charge in [-0.3, -0.25) is 4.79 Å². The summed E-state index contributed by atoms with van der Waals surface area (Å²) < 4.78 is 4.94. The Labute approximate surface area is 130 Å². The minimum Gasteiger partial charge on any atom is -0.468 e. The van der Waals surface area contributed by atoms with Gasteiger partial charge in [0, 0.05) is 12.1 Å². The van der Waals surface area contributed by atoms with Crippen LogP contribution in [0.3, 0.4) is 0 Å². The first-order valence-electron chi connectivity index (χ1n) is 8.14. The summed E-state index contributed by atoms with van der Waals surface area (Å²) in [5, 5.41) is 3.13. The van der Waals surface area contributed by atoms with Crippen LogP contribution in [-0.2, 0) is 9.53 Å². The zero-order valence-electron chi connectivity index (χ0n) is 15.0. The second-order valence-corrected chi connectivity index (χ2v) is 7.69. The topological polar surface area (TPSA) is 41.6 Å². The van der Waals surface area contributed by atoms with Crippen molar-refractivity contribution in [3.63, 3.8) is 0 Å². The molecule has 2 unspecified atom stereocenters. The Morgan fingerprint density at radius 1 is 1.43 bits per heavy atom. The number of carbonyl (C=O) groups excluding carboxylic acids is 1. The Morgan fingerprint density at radius 3 is 2.38 bits per heavy atom. The Morgan fingerprint density at radius 2 is 1.95 bits per heavy atom. The monoisotopic (exact) mass is 298 g/mol. The van der Waals surface area contributed by atoms with Gasteiger partial charge in [0.2, 0.25) is 0 Å². The van der Waals surface area contributed by atoms with Crippen molar-refractivity contribution >= 4 is 5.97 Å². The molecule has 0 amide bonds. The SMILES string of the molecule is CNC(C)(CC(C)N(C)C1CCC(C)(C)CC1)C(=O)OC. The fraction of sp³-hybridized carbons (Fsp3) is 0.941.